The topological polar surface area (TPSA) is 36.0 Å². The Kier molecular flexibility index (Phi) is 2.11. The van der Waals surface area contributed by atoms with E-state index in [1.165, 1.54) is 0 Å². The summed E-state index contributed by atoms with van der Waals surface area (Å²) in [6.45, 7) is 3.93. The van der Waals surface area contributed by atoms with Gasteiger partial charge in [0.15, 0.2) is 0 Å². The predicted octanol–water partition coefficient (Wildman–Crippen LogP) is -0.158. The number of piperidine rings is 1. The molecule has 3 heteroatoms. The highest BCUT2D eigenvalue weighted by Gasteiger charge is 2.27. The largest absolute Gasteiger partial charge is 0.392 e. The van der Waals surface area contributed by atoms with Gasteiger partial charge in [0, 0.05) is 13.1 Å². The molecule has 2 unspecified atom stereocenters. The van der Waals surface area contributed by atoms with Crippen molar-refractivity contribution in [2.75, 3.05) is 26.2 Å². The number of nitrogens with zero attached hydrogens (tertiary/aromatic N) is 1. The molecule has 0 aromatic heterocycles. The third kappa shape index (κ3) is 2.15. The standard InChI is InChI=1S/C8H15NO2/c10-7-2-1-3-9(4-7)5-8-6-11-8/h7-8,10H,1-6H2. The summed E-state index contributed by atoms with van der Waals surface area (Å²) in [6, 6.07) is 0. The highest BCUT2D eigenvalue weighted by molar-refractivity contribution is 4.78. The second-order valence-corrected chi connectivity index (χ2v) is 3.51. The Labute approximate surface area is 66.9 Å². The minimum atomic E-state index is -0.0949. The molecule has 0 spiro atoms. The first-order valence-corrected chi connectivity index (χ1v) is 4.36. The first-order chi connectivity index (χ1) is 5.34. The molecule has 0 saturated carbocycles. The van der Waals surface area contributed by atoms with Crippen molar-refractivity contribution in [3.63, 3.8) is 0 Å². The van der Waals surface area contributed by atoms with Crippen molar-refractivity contribution >= 4 is 0 Å². The van der Waals surface area contributed by atoms with Crippen LogP contribution >= 0.6 is 0 Å². The summed E-state index contributed by atoms with van der Waals surface area (Å²) in [5.74, 6) is 0. The maximum absolute atomic E-state index is 9.33. The van der Waals surface area contributed by atoms with Crippen LogP contribution in [0.3, 0.4) is 0 Å². The number of hydrogen-bond acceptors (Lipinski definition) is 3. The van der Waals surface area contributed by atoms with Crippen molar-refractivity contribution in [2.24, 2.45) is 0 Å². The van der Waals surface area contributed by atoms with E-state index in [0.29, 0.717) is 6.10 Å². The van der Waals surface area contributed by atoms with Gasteiger partial charge in [0.1, 0.15) is 0 Å². The number of likely N-dealkylation sites (tertiary alicyclic amines) is 1. The molecule has 2 aliphatic heterocycles. The summed E-state index contributed by atoms with van der Waals surface area (Å²) in [5.41, 5.74) is 0. The van der Waals surface area contributed by atoms with E-state index >= 15 is 0 Å². The van der Waals surface area contributed by atoms with Gasteiger partial charge in [0.25, 0.3) is 0 Å². The Bertz CT molecular complexity index is 134. The van der Waals surface area contributed by atoms with Crippen molar-refractivity contribution in [3.05, 3.63) is 0 Å². The Morgan fingerprint density at radius 3 is 3.00 bits per heavy atom. The van der Waals surface area contributed by atoms with Crippen molar-refractivity contribution in [1.82, 2.24) is 4.90 Å². The fourth-order valence-corrected chi connectivity index (χ4v) is 1.66. The van der Waals surface area contributed by atoms with Gasteiger partial charge in [-0.25, -0.2) is 0 Å². The lowest BCUT2D eigenvalue weighted by Gasteiger charge is -2.29. The smallest absolute Gasteiger partial charge is 0.0936 e. The van der Waals surface area contributed by atoms with Gasteiger partial charge < -0.3 is 9.84 Å². The Morgan fingerprint density at radius 2 is 2.36 bits per heavy atom. The van der Waals surface area contributed by atoms with Crippen LogP contribution in [0.25, 0.3) is 0 Å². The number of epoxide rings is 1. The van der Waals surface area contributed by atoms with Gasteiger partial charge in [-0.2, -0.15) is 0 Å². The second kappa shape index (κ2) is 3.09. The first kappa shape index (κ1) is 7.53. The second-order valence-electron chi connectivity index (χ2n) is 3.51. The highest BCUT2D eigenvalue weighted by atomic mass is 16.6. The fourth-order valence-electron chi connectivity index (χ4n) is 1.66. The lowest BCUT2D eigenvalue weighted by molar-refractivity contribution is 0.0670. The molecule has 0 bridgehead atoms. The molecule has 0 amide bonds. The monoisotopic (exact) mass is 157 g/mol. The molecule has 2 saturated heterocycles. The molecule has 2 heterocycles. The van der Waals surface area contributed by atoms with Gasteiger partial charge in [-0.15, -0.1) is 0 Å². The Hall–Kier alpha value is -0.120. The number of aliphatic hydroxyl groups excluding tert-OH is 1. The van der Waals surface area contributed by atoms with Crippen LogP contribution in [0.15, 0.2) is 0 Å². The molecule has 3 nitrogen and oxygen atoms in total. The molecular weight excluding hydrogens is 142 g/mol. The molecule has 0 aromatic carbocycles. The molecule has 11 heavy (non-hydrogen) atoms. The van der Waals surface area contributed by atoms with Crippen LogP contribution < -0.4 is 0 Å². The maximum atomic E-state index is 9.33. The zero-order chi connectivity index (χ0) is 7.68. The summed E-state index contributed by atoms with van der Waals surface area (Å²) in [5, 5.41) is 9.33. The number of rotatable bonds is 2. The summed E-state index contributed by atoms with van der Waals surface area (Å²) in [7, 11) is 0. The molecular formula is C8H15NO2. The van der Waals surface area contributed by atoms with E-state index in [1.807, 2.05) is 0 Å². The minimum absolute atomic E-state index is 0.0949. The molecule has 0 aliphatic carbocycles. The molecule has 2 atom stereocenters. The summed E-state index contributed by atoms with van der Waals surface area (Å²) < 4.78 is 5.12. The van der Waals surface area contributed by atoms with Crippen LogP contribution in [0.2, 0.25) is 0 Å². The van der Waals surface area contributed by atoms with Gasteiger partial charge in [0.2, 0.25) is 0 Å². The van der Waals surface area contributed by atoms with E-state index in [1.54, 1.807) is 0 Å². The SMILES string of the molecule is OC1CCCN(CC2CO2)C1. The maximum Gasteiger partial charge on any atom is 0.0936 e. The van der Waals surface area contributed by atoms with E-state index in [-0.39, 0.29) is 6.10 Å². The molecule has 1 N–H and O–H groups in total. The summed E-state index contributed by atoms with van der Waals surface area (Å²) in [6.07, 6.45) is 2.48. The van der Waals surface area contributed by atoms with E-state index < -0.39 is 0 Å². The third-order valence-electron chi connectivity index (χ3n) is 2.34. The number of aliphatic hydroxyl groups is 1. The van der Waals surface area contributed by atoms with E-state index in [2.05, 4.69) is 4.90 Å². The molecule has 64 valence electrons. The van der Waals surface area contributed by atoms with E-state index in [0.717, 1.165) is 39.1 Å². The average molecular weight is 157 g/mol. The number of hydrogen-bond donors (Lipinski definition) is 1. The quantitative estimate of drug-likeness (QED) is 0.566. The minimum Gasteiger partial charge on any atom is -0.392 e. The third-order valence-corrected chi connectivity index (χ3v) is 2.34. The number of β-amino-alcohol motifs (C(OH)–C–C–N with tert-alkyl or cyclic N) is 1. The Morgan fingerprint density at radius 1 is 1.55 bits per heavy atom. The van der Waals surface area contributed by atoms with Gasteiger partial charge in [-0.3, -0.25) is 4.90 Å². The van der Waals surface area contributed by atoms with Crippen LogP contribution in [0.1, 0.15) is 12.8 Å². The van der Waals surface area contributed by atoms with Crippen LogP contribution in [-0.2, 0) is 4.74 Å². The van der Waals surface area contributed by atoms with E-state index in [4.69, 9.17) is 4.74 Å². The van der Waals surface area contributed by atoms with Crippen molar-refractivity contribution < 1.29 is 9.84 Å². The van der Waals surface area contributed by atoms with Gasteiger partial charge in [-0.05, 0) is 19.4 Å². The van der Waals surface area contributed by atoms with Crippen molar-refractivity contribution in [1.29, 1.82) is 0 Å². The molecule has 2 rings (SSSR count). The zero-order valence-corrected chi connectivity index (χ0v) is 6.70. The average Bonchev–Trinajstić information content (AvgIpc) is 2.71. The van der Waals surface area contributed by atoms with Gasteiger partial charge >= 0.3 is 0 Å². The molecule has 0 aromatic rings. The lowest BCUT2D eigenvalue weighted by Crippen LogP contribution is -2.40. The van der Waals surface area contributed by atoms with Crippen molar-refractivity contribution in [3.8, 4) is 0 Å². The summed E-state index contributed by atoms with van der Waals surface area (Å²) >= 11 is 0. The zero-order valence-electron chi connectivity index (χ0n) is 6.70. The van der Waals surface area contributed by atoms with Crippen LogP contribution in [0.5, 0.6) is 0 Å². The fraction of sp³-hybridized carbons (Fsp3) is 1.00. The normalized spacial score (nSPS) is 39.0. The van der Waals surface area contributed by atoms with E-state index in [9.17, 15) is 5.11 Å². The molecule has 2 aliphatic rings. The van der Waals surface area contributed by atoms with Crippen molar-refractivity contribution in [2.45, 2.75) is 25.0 Å². The Balaban J connectivity index is 1.73. The van der Waals surface area contributed by atoms with Crippen LogP contribution in [0.4, 0.5) is 0 Å². The highest BCUT2D eigenvalue weighted by Crippen LogP contribution is 2.15. The molecule has 2 fully saturated rings. The molecule has 0 radical (unpaired) electrons. The first-order valence-electron chi connectivity index (χ1n) is 4.36. The van der Waals surface area contributed by atoms with Crippen LogP contribution in [0, 0.1) is 0 Å². The lowest BCUT2D eigenvalue weighted by atomic mass is 10.1. The van der Waals surface area contributed by atoms with Gasteiger partial charge in [0.05, 0.1) is 18.8 Å². The van der Waals surface area contributed by atoms with Crippen LogP contribution in [-0.4, -0.2) is 48.5 Å². The number of ether oxygens (including phenoxy) is 1. The summed E-state index contributed by atoms with van der Waals surface area (Å²) in [4.78, 5) is 2.30. The predicted molar refractivity (Wildman–Crippen MR) is 41.4 cm³/mol. The van der Waals surface area contributed by atoms with Gasteiger partial charge in [-0.1, -0.05) is 0 Å².